The van der Waals surface area contributed by atoms with Gasteiger partial charge in [-0.3, -0.25) is 0 Å². The lowest BCUT2D eigenvalue weighted by Gasteiger charge is -2.40. The van der Waals surface area contributed by atoms with Crippen LogP contribution in [0.2, 0.25) is 0 Å². The van der Waals surface area contributed by atoms with Crippen LogP contribution in [0.5, 0.6) is 0 Å². The summed E-state index contributed by atoms with van der Waals surface area (Å²) in [6.45, 7) is 0. The summed E-state index contributed by atoms with van der Waals surface area (Å²) in [6, 6.07) is 18.0. The Balaban J connectivity index is 1.78. The lowest BCUT2D eigenvalue weighted by molar-refractivity contribution is 0.392. The normalized spacial score (nSPS) is 21.0. The molecule has 1 N–H and O–H groups in total. The van der Waals surface area contributed by atoms with Crippen molar-refractivity contribution in [2.45, 2.75) is 37.8 Å². The van der Waals surface area contributed by atoms with Crippen molar-refractivity contribution >= 4 is 43.2 Å². The van der Waals surface area contributed by atoms with E-state index >= 15 is 0 Å². The Morgan fingerprint density at radius 1 is 0.957 bits per heavy atom. The molecule has 2 atom stereocenters. The largest absolute Gasteiger partial charge is 0.380 e. The number of benzene rings is 2. The van der Waals surface area contributed by atoms with Gasteiger partial charge in [0, 0.05) is 39.5 Å². The Hall–Kier alpha value is -1.00. The van der Waals surface area contributed by atoms with Gasteiger partial charge in [-0.05, 0) is 49.2 Å². The van der Waals surface area contributed by atoms with Crippen LogP contribution in [-0.4, -0.2) is 19.1 Å². The zero-order valence-electron chi connectivity index (χ0n) is 13.3. The van der Waals surface area contributed by atoms with Gasteiger partial charge in [-0.25, -0.2) is 0 Å². The molecule has 0 bridgehead atoms. The van der Waals surface area contributed by atoms with Gasteiger partial charge in [-0.1, -0.05) is 56.8 Å². The average molecular weight is 438 g/mol. The number of hydrogen-bond donors (Lipinski definition) is 1. The molecule has 2 nitrogen and oxygen atoms in total. The maximum absolute atomic E-state index is 3.75. The number of anilines is 2. The predicted octanol–water partition coefficient (Wildman–Crippen LogP) is 6.07. The molecule has 0 amide bonds. The minimum Gasteiger partial charge on any atom is -0.380 e. The molecule has 122 valence electrons. The molecule has 2 aromatic carbocycles. The number of halogens is 2. The highest BCUT2D eigenvalue weighted by Crippen LogP contribution is 2.30. The predicted molar refractivity (Wildman–Crippen MR) is 106 cm³/mol. The molecule has 4 heteroatoms. The Morgan fingerprint density at radius 3 is 2.39 bits per heavy atom. The first-order valence-corrected chi connectivity index (χ1v) is 9.72. The second kappa shape index (κ2) is 7.71. The van der Waals surface area contributed by atoms with Gasteiger partial charge in [-0.15, -0.1) is 0 Å². The van der Waals surface area contributed by atoms with Crippen LogP contribution in [0.15, 0.2) is 57.5 Å². The minimum atomic E-state index is 0.474. The van der Waals surface area contributed by atoms with Crippen LogP contribution < -0.4 is 10.2 Å². The van der Waals surface area contributed by atoms with Crippen molar-refractivity contribution in [2.24, 2.45) is 0 Å². The van der Waals surface area contributed by atoms with Crippen molar-refractivity contribution in [1.29, 1.82) is 0 Å². The molecule has 23 heavy (non-hydrogen) atoms. The van der Waals surface area contributed by atoms with Crippen LogP contribution in [-0.2, 0) is 0 Å². The van der Waals surface area contributed by atoms with Gasteiger partial charge >= 0.3 is 0 Å². The zero-order valence-corrected chi connectivity index (χ0v) is 16.5. The van der Waals surface area contributed by atoms with E-state index in [-0.39, 0.29) is 0 Å². The van der Waals surface area contributed by atoms with Gasteiger partial charge in [0.15, 0.2) is 0 Å². The molecule has 0 unspecified atom stereocenters. The van der Waals surface area contributed by atoms with E-state index in [2.05, 4.69) is 97.7 Å². The SMILES string of the molecule is CN(c1cccc(Br)c1)[C@@H]1CCCC[C@H]1Nc1cccc(Br)c1. The zero-order chi connectivity index (χ0) is 16.2. The fourth-order valence-electron chi connectivity index (χ4n) is 3.42. The van der Waals surface area contributed by atoms with Gasteiger partial charge in [0.2, 0.25) is 0 Å². The first-order chi connectivity index (χ1) is 11.1. The molecule has 1 aliphatic rings. The summed E-state index contributed by atoms with van der Waals surface area (Å²) in [4.78, 5) is 2.43. The van der Waals surface area contributed by atoms with Crippen molar-refractivity contribution in [1.82, 2.24) is 0 Å². The minimum absolute atomic E-state index is 0.474. The Labute approximate surface area is 155 Å². The maximum Gasteiger partial charge on any atom is 0.0488 e. The molecular weight excluding hydrogens is 416 g/mol. The molecule has 1 aliphatic carbocycles. The summed E-state index contributed by atoms with van der Waals surface area (Å²) in [5, 5.41) is 3.75. The van der Waals surface area contributed by atoms with E-state index in [9.17, 15) is 0 Å². The lowest BCUT2D eigenvalue weighted by Crippen LogP contribution is -2.47. The molecule has 0 spiro atoms. The van der Waals surface area contributed by atoms with Gasteiger partial charge in [0.25, 0.3) is 0 Å². The smallest absolute Gasteiger partial charge is 0.0488 e. The van der Waals surface area contributed by atoms with Gasteiger partial charge in [-0.2, -0.15) is 0 Å². The Morgan fingerprint density at radius 2 is 1.65 bits per heavy atom. The summed E-state index contributed by atoms with van der Waals surface area (Å²) >= 11 is 7.14. The second-order valence-corrected chi connectivity index (χ2v) is 8.04. The molecule has 2 aromatic rings. The topological polar surface area (TPSA) is 15.3 Å². The fourth-order valence-corrected chi connectivity index (χ4v) is 4.21. The third kappa shape index (κ3) is 4.30. The molecule has 0 radical (unpaired) electrons. The molecule has 0 aromatic heterocycles. The first-order valence-electron chi connectivity index (χ1n) is 8.14. The molecule has 0 aliphatic heterocycles. The van der Waals surface area contributed by atoms with E-state index in [4.69, 9.17) is 0 Å². The number of nitrogens with zero attached hydrogens (tertiary/aromatic N) is 1. The third-order valence-corrected chi connectivity index (χ3v) is 5.61. The molecule has 0 saturated heterocycles. The number of hydrogen-bond acceptors (Lipinski definition) is 2. The fraction of sp³-hybridized carbons (Fsp3) is 0.368. The lowest BCUT2D eigenvalue weighted by atomic mass is 9.89. The quantitative estimate of drug-likeness (QED) is 0.624. The molecular formula is C19H22Br2N2. The van der Waals surface area contributed by atoms with Crippen LogP contribution in [0.25, 0.3) is 0 Å². The van der Waals surface area contributed by atoms with Crippen molar-refractivity contribution in [2.75, 3.05) is 17.3 Å². The van der Waals surface area contributed by atoms with Crippen LogP contribution >= 0.6 is 31.9 Å². The number of nitrogens with one attached hydrogen (secondary N) is 1. The first kappa shape index (κ1) is 16.8. The molecule has 1 saturated carbocycles. The Kier molecular flexibility index (Phi) is 5.65. The van der Waals surface area contributed by atoms with Crippen molar-refractivity contribution < 1.29 is 0 Å². The Bertz CT molecular complexity index is 659. The summed E-state index contributed by atoms with van der Waals surface area (Å²) in [7, 11) is 2.22. The van der Waals surface area contributed by atoms with Crippen LogP contribution in [0, 0.1) is 0 Å². The summed E-state index contributed by atoms with van der Waals surface area (Å²) in [5.74, 6) is 0. The summed E-state index contributed by atoms with van der Waals surface area (Å²) in [5.41, 5.74) is 2.46. The van der Waals surface area contributed by atoms with E-state index in [0.717, 1.165) is 8.95 Å². The van der Waals surface area contributed by atoms with E-state index in [1.807, 2.05) is 0 Å². The van der Waals surface area contributed by atoms with Crippen molar-refractivity contribution in [3.63, 3.8) is 0 Å². The van der Waals surface area contributed by atoms with Crippen LogP contribution in [0.3, 0.4) is 0 Å². The van der Waals surface area contributed by atoms with Gasteiger partial charge in [0.05, 0.1) is 0 Å². The van der Waals surface area contributed by atoms with E-state index in [1.165, 1.54) is 37.1 Å². The monoisotopic (exact) mass is 436 g/mol. The standard InChI is InChI=1S/C19H22Br2N2/c1-23(17-9-5-7-15(21)13-17)19-11-3-2-10-18(19)22-16-8-4-6-14(20)12-16/h4-9,12-13,18-19,22H,2-3,10-11H2,1H3/t18-,19-/m1/s1. The van der Waals surface area contributed by atoms with Crippen LogP contribution in [0.4, 0.5) is 11.4 Å². The van der Waals surface area contributed by atoms with Gasteiger partial charge < -0.3 is 10.2 Å². The molecule has 0 heterocycles. The molecule has 1 fully saturated rings. The van der Waals surface area contributed by atoms with Crippen molar-refractivity contribution in [3.8, 4) is 0 Å². The van der Waals surface area contributed by atoms with E-state index < -0.39 is 0 Å². The highest BCUT2D eigenvalue weighted by molar-refractivity contribution is 9.10. The number of rotatable bonds is 4. The highest BCUT2D eigenvalue weighted by Gasteiger charge is 2.28. The average Bonchev–Trinajstić information content (AvgIpc) is 2.55. The van der Waals surface area contributed by atoms with E-state index in [0.29, 0.717) is 12.1 Å². The molecule has 3 rings (SSSR count). The highest BCUT2D eigenvalue weighted by atomic mass is 79.9. The summed E-state index contributed by atoms with van der Waals surface area (Å²) in [6.07, 6.45) is 5.05. The van der Waals surface area contributed by atoms with Crippen LogP contribution in [0.1, 0.15) is 25.7 Å². The summed E-state index contributed by atoms with van der Waals surface area (Å²) < 4.78 is 2.25. The van der Waals surface area contributed by atoms with Crippen molar-refractivity contribution in [3.05, 3.63) is 57.5 Å². The third-order valence-electron chi connectivity index (χ3n) is 4.62. The maximum atomic E-state index is 3.75. The van der Waals surface area contributed by atoms with E-state index in [1.54, 1.807) is 0 Å². The second-order valence-electron chi connectivity index (χ2n) is 6.20. The van der Waals surface area contributed by atoms with Gasteiger partial charge in [0.1, 0.15) is 0 Å². The number of likely N-dealkylation sites (N-methyl/N-ethyl adjacent to an activating group) is 1.